The van der Waals surface area contributed by atoms with Crippen LogP contribution in [-0.2, 0) is 6.54 Å². The van der Waals surface area contributed by atoms with Crippen molar-refractivity contribution in [1.82, 2.24) is 14.2 Å². The predicted molar refractivity (Wildman–Crippen MR) is 69.7 cm³/mol. The van der Waals surface area contributed by atoms with Gasteiger partial charge in [0.05, 0.1) is 18.2 Å². The van der Waals surface area contributed by atoms with Gasteiger partial charge in [0.15, 0.2) is 5.65 Å². The molecule has 98 valence electrons. The van der Waals surface area contributed by atoms with E-state index < -0.39 is 5.82 Å². The van der Waals surface area contributed by atoms with Crippen molar-refractivity contribution in [1.29, 1.82) is 5.26 Å². The normalized spacial score (nSPS) is 10.6. The molecule has 0 bridgehead atoms. The third-order valence-electron chi connectivity index (χ3n) is 2.98. The molecule has 0 atom stereocenters. The minimum Gasteiger partial charge on any atom is -0.250 e. The van der Waals surface area contributed by atoms with E-state index in [9.17, 15) is 9.18 Å². The Morgan fingerprint density at radius 2 is 2.15 bits per heavy atom. The zero-order chi connectivity index (χ0) is 14.1. The Labute approximate surface area is 113 Å². The van der Waals surface area contributed by atoms with E-state index >= 15 is 0 Å². The third-order valence-corrected chi connectivity index (χ3v) is 2.98. The lowest BCUT2D eigenvalue weighted by molar-refractivity contribution is 0.578. The zero-order valence-electron chi connectivity index (χ0n) is 10.3. The molecule has 0 amide bonds. The predicted octanol–water partition coefficient (Wildman–Crippen LogP) is 1.56. The monoisotopic (exact) mass is 268 g/mol. The number of benzene rings is 1. The van der Waals surface area contributed by atoms with Gasteiger partial charge in [-0.1, -0.05) is 6.07 Å². The molecule has 0 saturated carbocycles. The second-order valence-corrected chi connectivity index (χ2v) is 4.29. The Kier molecular flexibility index (Phi) is 2.80. The Morgan fingerprint density at radius 1 is 1.30 bits per heavy atom. The molecule has 2 heterocycles. The molecule has 0 unspecified atom stereocenters. The number of hydrogen-bond donors (Lipinski definition) is 0. The Morgan fingerprint density at radius 3 is 2.90 bits per heavy atom. The van der Waals surface area contributed by atoms with Crippen molar-refractivity contribution in [2.24, 2.45) is 0 Å². The van der Waals surface area contributed by atoms with E-state index in [1.807, 2.05) is 6.07 Å². The highest BCUT2D eigenvalue weighted by Crippen LogP contribution is 2.11. The van der Waals surface area contributed by atoms with Gasteiger partial charge in [-0.15, -0.1) is 5.10 Å². The quantitative estimate of drug-likeness (QED) is 0.708. The summed E-state index contributed by atoms with van der Waals surface area (Å²) in [6.07, 6.45) is 1.60. The van der Waals surface area contributed by atoms with Crippen LogP contribution >= 0.6 is 0 Å². The summed E-state index contributed by atoms with van der Waals surface area (Å²) in [6.45, 7) is -0.0120. The van der Waals surface area contributed by atoms with Crippen LogP contribution in [0.2, 0.25) is 0 Å². The van der Waals surface area contributed by atoms with Crippen LogP contribution in [0.1, 0.15) is 11.1 Å². The molecular weight excluding hydrogens is 259 g/mol. The summed E-state index contributed by atoms with van der Waals surface area (Å²) in [6, 6.07) is 11.2. The Bertz CT molecular complexity index is 888. The summed E-state index contributed by atoms with van der Waals surface area (Å²) in [5.41, 5.74) is 0.754. The van der Waals surface area contributed by atoms with E-state index in [0.29, 0.717) is 11.2 Å². The summed E-state index contributed by atoms with van der Waals surface area (Å²) in [5, 5.41) is 12.9. The molecule has 0 spiro atoms. The smallest absolute Gasteiger partial charge is 0.250 e. The fourth-order valence-electron chi connectivity index (χ4n) is 2.00. The maximum Gasteiger partial charge on any atom is 0.350 e. The fraction of sp³-hybridized carbons (Fsp3) is 0.0714. The molecule has 0 aliphatic heterocycles. The average molecular weight is 268 g/mol. The molecule has 0 fully saturated rings. The molecule has 0 radical (unpaired) electrons. The van der Waals surface area contributed by atoms with Crippen LogP contribution < -0.4 is 5.69 Å². The Balaban J connectivity index is 2.08. The van der Waals surface area contributed by atoms with E-state index in [1.54, 1.807) is 24.4 Å². The lowest BCUT2D eigenvalue weighted by Gasteiger charge is -2.02. The van der Waals surface area contributed by atoms with Gasteiger partial charge in [0.2, 0.25) is 0 Å². The third kappa shape index (κ3) is 1.95. The lowest BCUT2D eigenvalue weighted by atomic mass is 10.1. The van der Waals surface area contributed by atoms with Crippen molar-refractivity contribution < 1.29 is 4.39 Å². The summed E-state index contributed by atoms with van der Waals surface area (Å²) in [5.74, 6) is -0.465. The molecule has 1 aromatic carbocycles. The van der Waals surface area contributed by atoms with E-state index in [1.165, 1.54) is 27.3 Å². The molecule has 3 aromatic rings. The minimum atomic E-state index is -0.465. The van der Waals surface area contributed by atoms with Crippen molar-refractivity contribution in [2.45, 2.75) is 6.54 Å². The van der Waals surface area contributed by atoms with Gasteiger partial charge in [-0.25, -0.2) is 13.9 Å². The van der Waals surface area contributed by atoms with Gasteiger partial charge in [-0.2, -0.15) is 5.26 Å². The van der Waals surface area contributed by atoms with Crippen LogP contribution in [0.25, 0.3) is 5.65 Å². The number of pyridine rings is 1. The summed E-state index contributed by atoms with van der Waals surface area (Å²) in [4.78, 5) is 12.1. The van der Waals surface area contributed by atoms with Crippen LogP contribution in [0.4, 0.5) is 4.39 Å². The topological polar surface area (TPSA) is 63.1 Å². The number of aromatic nitrogens is 3. The number of nitriles is 1. The van der Waals surface area contributed by atoms with E-state index in [2.05, 4.69) is 5.10 Å². The molecule has 6 heteroatoms. The number of nitrogens with zero attached hydrogens (tertiary/aromatic N) is 4. The number of halogens is 1. The number of hydrogen-bond acceptors (Lipinski definition) is 3. The summed E-state index contributed by atoms with van der Waals surface area (Å²) < 4.78 is 16.3. The van der Waals surface area contributed by atoms with E-state index in [0.717, 1.165) is 0 Å². The highest BCUT2D eigenvalue weighted by atomic mass is 19.1. The first-order valence-corrected chi connectivity index (χ1v) is 5.92. The van der Waals surface area contributed by atoms with Crippen molar-refractivity contribution in [3.63, 3.8) is 0 Å². The van der Waals surface area contributed by atoms with Crippen molar-refractivity contribution >= 4 is 5.65 Å². The number of rotatable bonds is 2. The maximum absolute atomic E-state index is 13.7. The highest BCUT2D eigenvalue weighted by molar-refractivity contribution is 5.36. The SMILES string of the molecule is N#Cc1ccc(F)c(Cn2nc3ccccn3c2=O)c1. The molecule has 2 aromatic heterocycles. The first kappa shape index (κ1) is 12.1. The van der Waals surface area contributed by atoms with Crippen LogP contribution in [0.3, 0.4) is 0 Å². The van der Waals surface area contributed by atoms with Crippen LogP contribution in [0, 0.1) is 17.1 Å². The molecule has 20 heavy (non-hydrogen) atoms. The van der Waals surface area contributed by atoms with Crippen LogP contribution in [0.15, 0.2) is 47.4 Å². The molecule has 0 aliphatic rings. The van der Waals surface area contributed by atoms with Crippen molar-refractivity contribution in [2.75, 3.05) is 0 Å². The van der Waals surface area contributed by atoms with Crippen LogP contribution in [-0.4, -0.2) is 14.2 Å². The molecule has 5 nitrogen and oxygen atoms in total. The molecule has 0 N–H and O–H groups in total. The maximum atomic E-state index is 13.7. The molecule has 0 saturated heterocycles. The van der Waals surface area contributed by atoms with Crippen molar-refractivity contribution in [3.05, 3.63) is 70.0 Å². The van der Waals surface area contributed by atoms with E-state index in [4.69, 9.17) is 5.26 Å². The lowest BCUT2D eigenvalue weighted by Crippen LogP contribution is -2.22. The summed E-state index contributed by atoms with van der Waals surface area (Å²) >= 11 is 0. The average Bonchev–Trinajstić information content (AvgIpc) is 2.78. The number of fused-ring (bicyclic) bond motifs is 1. The molecule has 3 rings (SSSR count). The second-order valence-electron chi connectivity index (χ2n) is 4.29. The highest BCUT2D eigenvalue weighted by Gasteiger charge is 2.10. The summed E-state index contributed by atoms with van der Waals surface area (Å²) in [7, 11) is 0. The Hall–Kier alpha value is -2.94. The van der Waals surface area contributed by atoms with Crippen molar-refractivity contribution in [3.8, 4) is 6.07 Å². The van der Waals surface area contributed by atoms with Gasteiger partial charge >= 0.3 is 5.69 Å². The molecular formula is C14H9FN4O. The van der Waals surface area contributed by atoms with Gasteiger partial charge in [0.1, 0.15) is 5.82 Å². The minimum absolute atomic E-state index is 0.0120. The largest absolute Gasteiger partial charge is 0.350 e. The van der Waals surface area contributed by atoms with Gasteiger partial charge in [0.25, 0.3) is 0 Å². The van der Waals surface area contributed by atoms with Crippen LogP contribution in [0.5, 0.6) is 0 Å². The van der Waals surface area contributed by atoms with Gasteiger partial charge < -0.3 is 0 Å². The second kappa shape index (κ2) is 4.63. The zero-order valence-corrected chi connectivity index (χ0v) is 10.3. The standard InChI is InChI=1S/C14H9FN4O/c15-12-5-4-10(8-16)7-11(12)9-19-14(20)18-6-2-1-3-13(18)17-19/h1-7H,9H2. The molecule has 0 aliphatic carbocycles. The van der Waals surface area contributed by atoms with Gasteiger partial charge in [-0.3, -0.25) is 4.40 Å². The van der Waals surface area contributed by atoms with Gasteiger partial charge in [-0.05, 0) is 30.3 Å². The van der Waals surface area contributed by atoms with E-state index in [-0.39, 0.29) is 17.8 Å². The fourth-order valence-corrected chi connectivity index (χ4v) is 2.00. The first-order chi connectivity index (χ1) is 9.69. The van der Waals surface area contributed by atoms with Gasteiger partial charge in [0, 0.05) is 11.8 Å². The first-order valence-electron chi connectivity index (χ1n) is 5.92.